The maximum absolute atomic E-state index is 12.4. The smallest absolute Gasteiger partial charge is 0.338 e. The van der Waals surface area contributed by atoms with Crippen molar-refractivity contribution in [2.24, 2.45) is 0 Å². The molecule has 144 valence electrons. The van der Waals surface area contributed by atoms with E-state index in [4.69, 9.17) is 25.8 Å². The highest BCUT2D eigenvalue weighted by Gasteiger charge is 2.25. The molecule has 0 radical (unpaired) electrons. The average Bonchev–Trinajstić information content (AvgIpc) is 2.99. The van der Waals surface area contributed by atoms with Gasteiger partial charge in [-0.15, -0.1) is 0 Å². The molecule has 0 unspecified atom stereocenters. The quantitative estimate of drug-likeness (QED) is 0.578. The number of benzene rings is 2. The molecule has 0 saturated heterocycles. The summed E-state index contributed by atoms with van der Waals surface area (Å²) in [4.78, 5) is 38.0. The number of hydrogen-bond donors (Lipinski definition) is 0. The van der Waals surface area contributed by atoms with E-state index in [9.17, 15) is 14.4 Å². The van der Waals surface area contributed by atoms with Crippen molar-refractivity contribution in [2.45, 2.75) is 6.42 Å². The Kier molecular flexibility index (Phi) is 4.68. The van der Waals surface area contributed by atoms with Crippen molar-refractivity contribution in [3.05, 3.63) is 52.0 Å². The molecule has 0 bridgehead atoms. The van der Waals surface area contributed by atoms with Gasteiger partial charge in [0.25, 0.3) is 0 Å². The van der Waals surface area contributed by atoms with Gasteiger partial charge in [0.05, 0.1) is 17.0 Å². The highest BCUT2D eigenvalue weighted by atomic mass is 35.5. The topological polar surface area (TPSA) is 82.1 Å². The lowest BCUT2D eigenvalue weighted by Gasteiger charge is -2.19. The number of esters is 1. The van der Waals surface area contributed by atoms with Crippen LogP contribution in [0.5, 0.6) is 11.5 Å². The lowest BCUT2D eigenvalue weighted by molar-refractivity contribution is -0.117. The lowest BCUT2D eigenvalue weighted by atomic mass is 10.1. The van der Waals surface area contributed by atoms with Crippen LogP contribution >= 0.6 is 11.6 Å². The minimum absolute atomic E-state index is 0.0264. The average molecular weight is 402 g/mol. The first-order valence-corrected chi connectivity index (χ1v) is 9.01. The molecule has 2 aliphatic heterocycles. The fourth-order valence-electron chi connectivity index (χ4n) is 3.17. The molecular formula is C20H16ClNO6. The molecule has 2 aromatic rings. The Morgan fingerprint density at radius 1 is 1.14 bits per heavy atom. The molecule has 0 spiro atoms. The highest BCUT2D eigenvalue weighted by molar-refractivity contribution is 6.32. The van der Waals surface area contributed by atoms with Crippen LogP contribution < -0.4 is 14.4 Å². The van der Waals surface area contributed by atoms with E-state index < -0.39 is 12.6 Å². The maximum atomic E-state index is 12.4. The number of Topliss-reactive ketones (excluding diaryl/α,β-unsaturated/α-hetero) is 1. The number of anilines is 1. The summed E-state index contributed by atoms with van der Waals surface area (Å²) in [5, 5.41) is 0.239. The molecule has 0 aromatic heterocycles. The molecular weight excluding hydrogens is 386 g/mol. The molecule has 8 heteroatoms. The Balaban J connectivity index is 1.44. The Morgan fingerprint density at radius 2 is 1.93 bits per heavy atom. The van der Waals surface area contributed by atoms with Crippen LogP contribution in [0.2, 0.25) is 5.02 Å². The summed E-state index contributed by atoms with van der Waals surface area (Å²) >= 11 is 6.12. The number of carbonyl (C=O) groups excluding carboxylic acids is 3. The van der Waals surface area contributed by atoms with E-state index in [0.717, 1.165) is 11.3 Å². The van der Waals surface area contributed by atoms with Gasteiger partial charge in [0.1, 0.15) is 13.2 Å². The van der Waals surface area contributed by atoms with Crippen molar-refractivity contribution in [1.29, 1.82) is 0 Å². The molecule has 2 aromatic carbocycles. The van der Waals surface area contributed by atoms with Crippen LogP contribution in [0.4, 0.5) is 5.69 Å². The number of ketones is 1. The van der Waals surface area contributed by atoms with Gasteiger partial charge in [0, 0.05) is 18.3 Å². The van der Waals surface area contributed by atoms with Crippen LogP contribution in [0.1, 0.15) is 26.3 Å². The molecule has 7 nitrogen and oxygen atoms in total. The molecule has 4 rings (SSSR count). The first-order chi connectivity index (χ1) is 13.4. The summed E-state index contributed by atoms with van der Waals surface area (Å²) in [6, 6.07) is 7.89. The van der Waals surface area contributed by atoms with Crippen LogP contribution in [0.25, 0.3) is 0 Å². The summed E-state index contributed by atoms with van der Waals surface area (Å²) < 4.78 is 16.0. The van der Waals surface area contributed by atoms with Gasteiger partial charge in [-0.25, -0.2) is 4.79 Å². The van der Waals surface area contributed by atoms with Crippen LogP contribution in [-0.4, -0.2) is 44.5 Å². The Hall–Kier alpha value is -3.06. The van der Waals surface area contributed by atoms with Crippen molar-refractivity contribution >= 4 is 34.9 Å². The third kappa shape index (κ3) is 3.29. The summed E-state index contributed by atoms with van der Waals surface area (Å²) in [6.45, 7) is 0.316. The van der Waals surface area contributed by atoms with Crippen molar-refractivity contribution in [1.82, 2.24) is 0 Å². The Morgan fingerprint density at radius 3 is 2.75 bits per heavy atom. The van der Waals surface area contributed by atoms with Gasteiger partial charge < -0.3 is 19.1 Å². The zero-order chi connectivity index (χ0) is 19.8. The van der Waals surface area contributed by atoms with Crippen LogP contribution in [0.15, 0.2) is 30.3 Å². The van der Waals surface area contributed by atoms with E-state index in [0.29, 0.717) is 30.3 Å². The second-order valence-corrected chi connectivity index (χ2v) is 6.86. The van der Waals surface area contributed by atoms with E-state index in [1.165, 1.54) is 12.1 Å². The zero-order valence-electron chi connectivity index (χ0n) is 15.0. The minimum Gasteiger partial charge on any atom is -0.486 e. The molecule has 0 saturated carbocycles. The van der Waals surface area contributed by atoms with Crippen molar-refractivity contribution < 1.29 is 28.6 Å². The van der Waals surface area contributed by atoms with E-state index in [2.05, 4.69) is 0 Å². The Labute approximate surface area is 165 Å². The van der Waals surface area contributed by atoms with E-state index in [1.807, 2.05) is 0 Å². The normalized spacial score (nSPS) is 14.6. The molecule has 0 aliphatic carbocycles. The number of rotatable bonds is 4. The molecule has 0 N–H and O–H groups in total. The third-order valence-corrected chi connectivity index (χ3v) is 4.93. The summed E-state index contributed by atoms with van der Waals surface area (Å²) in [7, 11) is 1.69. The largest absolute Gasteiger partial charge is 0.486 e. The number of hydrogen-bond acceptors (Lipinski definition) is 6. The minimum atomic E-state index is -0.691. The fourth-order valence-corrected chi connectivity index (χ4v) is 3.44. The number of ether oxygens (including phenoxy) is 3. The second-order valence-electron chi connectivity index (χ2n) is 6.45. The molecule has 0 fully saturated rings. The molecule has 0 atom stereocenters. The number of likely N-dealkylation sites (N-methyl/N-ethyl adjacent to an activating group) is 1. The van der Waals surface area contributed by atoms with Crippen molar-refractivity contribution in [3.63, 3.8) is 0 Å². The van der Waals surface area contributed by atoms with Gasteiger partial charge in [-0.1, -0.05) is 11.6 Å². The van der Waals surface area contributed by atoms with Crippen LogP contribution in [-0.2, 0) is 16.0 Å². The van der Waals surface area contributed by atoms with E-state index >= 15 is 0 Å². The molecule has 1 amide bonds. The van der Waals surface area contributed by atoms with Gasteiger partial charge in [0.2, 0.25) is 5.91 Å². The predicted molar refractivity (Wildman–Crippen MR) is 101 cm³/mol. The summed E-state index contributed by atoms with van der Waals surface area (Å²) in [6.07, 6.45) is 0.252. The SMILES string of the molecule is CN1C(=O)Cc2cc(C(=O)COC(=O)c3cc(Cl)c4c(c3)OCCO4)ccc21. The molecule has 2 aliphatic rings. The molecule has 28 heavy (non-hydrogen) atoms. The van der Waals surface area contributed by atoms with Crippen molar-refractivity contribution in [2.75, 3.05) is 31.8 Å². The fraction of sp³-hybridized carbons (Fsp3) is 0.250. The van der Waals surface area contributed by atoms with E-state index in [-0.39, 0.29) is 28.7 Å². The number of nitrogens with zero attached hydrogens (tertiary/aromatic N) is 1. The van der Waals surface area contributed by atoms with Gasteiger partial charge in [-0.2, -0.15) is 0 Å². The lowest BCUT2D eigenvalue weighted by Crippen LogP contribution is -2.20. The second kappa shape index (κ2) is 7.16. The van der Waals surface area contributed by atoms with Gasteiger partial charge in [-0.05, 0) is 35.9 Å². The standard InChI is InChI=1S/C20H16ClNO6/c1-22-15-3-2-11(6-12(15)9-18(22)24)16(23)10-28-20(25)13-7-14(21)19-17(8-13)26-4-5-27-19/h2-3,6-8H,4-5,9-10H2,1H3. The monoisotopic (exact) mass is 401 g/mol. The van der Waals surface area contributed by atoms with Crippen LogP contribution in [0.3, 0.4) is 0 Å². The number of amides is 1. The predicted octanol–water partition coefficient (Wildman–Crippen LogP) is 2.67. The number of carbonyl (C=O) groups is 3. The van der Waals surface area contributed by atoms with Gasteiger partial charge >= 0.3 is 5.97 Å². The zero-order valence-corrected chi connectivity index (χ0v) is 15.7. The third-order valence-electron chi connectivity index (χ3n) is 4.65. The first kappa shape index (κ1) is 18.3. The van der Waals surface area contributed by atoms with Gasteiger partial charge in [0.15, 0.2) is 23.9 Å². The first-order valence-electron chi connectivity index (χ1n) is 8.63. The molecule has 2 heterocycles. The number of halogens is 1. The number of fused-ring (bicyclic) bond motifs is 2. The van der Waals surface area contributed by atoms with Crippen molar-refractivity contribution in [3.8, 4) is 11.5 Å². The Bertz CT molecular complexity index is 1000. The maximum Gasteiger partial charge on any atom is 0.338 e. The summed E-state index contributed by atoms with van der Waals surface area (Å²) in [5.74, 6) is -0.325. The highest BCUT2D eigenvalue weighted by Crippen LogP contribution is 2.38. The van der Waals surface area contributed by atoms with Gasteiger partial charge in [-0.3, -0.25) is 9.59 Å². The van der Waals surface area contributed by atoms with Crippen LogP contribution in [0, 0.1) is 0 Å². The van der Waals surface area contributed by atoms with E-state index in [1.54, 1.807) is 30.1 Å². The summed E-state index contributed by atoms with van der Waals surface area (Å²) in [5.41, 5.74) is 2.12.